The summed E-state index contributed by atoms with van der Waals surface area (Å²) >= 11 is 1.41. The van der Waals surface area contributed by atoms with Gasteiger partial charge < -0.3 is 15.8 Å². The molecule has 0 amide bonds. The van der Waals surface area contributed by atoms with Gasteiger partial charge in [0.2, 0.25) is 0 Å². The van der Waals surface area contributed by atoms with E-state index in [9.17, 15) is 9.90 Å². The highest BCUT2D eigenvalue weighted by atomic mass is 35.5. The van der Waals surface area contributed by atoms with Crippen molar-refractivity contribution >= 4 is 44.7 Å². The Morgan fingerprint density at radius 1 is 1.22 bits per heavy atom. The van der Waals surface area contributed by atoms with Gasteiger partial charge in [-0.1, -0.05) is 31.2 Å². The summed E-state index contributed by atoms with van der Waals surface area (Å²) in [5.41, 5.74) is 10.1. The quantitative estimate of drug-likeness (QED) is 0.457. The number of aryl methyl sites for hydroxylation is 1. The monoisotopic (exact) mass is 400 g/mol. The summed E-state index contributed by atoms with van der Waals surface area (Å²) in [6, 6.07) is 11.8. The van der Waals surface area contributed by atoms with E-state index in [0.717, 1.165) is 33.0 Å². The zero-order valence-corrected chi connectivity index (χ0v) is 16.7. The Bertz CT molecular complexity index is 1180. The average molecular weight is 401 g/mol. The molecule has 0 saturated heterocycles. The molecule has 4 rings (SSSR count). The third-order valence-electron chi connectivity index (χ3n) is 5.00. The molecule has 0 saturated carbocycles. The number of rotatable bonds is 3. The summed E-state index contributed by atoms with van der Waals surface area (Å²) < 4.78 is 0.678. The van der Waals surface area contributed by atoms with Gasteiger partial charge in [0.15, 0.2) is 0 Å². The maximum Gasteiger partial charge on any atom is 0.266 e. The van der Waals surface area contributed by atoms with Crippen LogP contribution in [0, 0.1) is 6.92 Å². The Labute approximate surface area is 167 Å². The first-order valence-electron chi connectivity index (χ1n) is 8.57. The van der Waals surface area contributed by atoms with Crippen molar-refractivity contribution in [1.29, 1.82) is 0 Å². The van der Waals surface area contributed by atoms with E-state index in [-0.39, 0.29) is 29.6 Å². The summed E-state index contributed by atoms with van der Waals surface area (Å²) in [6.07, 6.45) is 0. The van der Waals surface area contributed by atoms with Gasteiger partial charge in [-0.05, 0) is 53.6 Å². The van der Waals surface area contributed by atoms with E-state index >= 15 is 0 Å². The number of nitrogens with one attached hydrogen (secondary N) is 1. The number of hydrogen-bond acceptors (Lipinski definition) is 4. The van der Waals surface area contributed by atoms with Crippen molar-refractivity contribution in [3.05, 3.63) is 63.3 Å². The van der Waals surface area contributed by atoms with Gasteiger partial charge in [-0.25, -0.2) is 0 Å². The number of phenolic OH excluding ortho intramolecular Hbond substituents is 1. The first-order chi connectivity index (χ1) is 12.5. The number of fused-ring (bicyclic) bond motifs is 3. The number of thiophene rings is 1. The number of benzene rings is 2. The van der Waals surface area contributed by atoms with Gasteiger partial charge in [0, 0.05) is 16.3 Å². The zero-order valence-electron chi connectivity index (χ0n) is 15.1. The molecule has 0 fully saturated rings. The highest BCUT2D eigenvalue weighted by Crippen LogP contribution is 2.41. The van der Waals surface area contributed by atoms with Gasteiger partial charge in [-0.2, -0.15) is 0 Å². The zero-order chi connectivity index (χ0) is 18.4. The van der Waals surface area contributed by atoms with Crippen LogP contribution in [0.25, 0.3) is 32.1 Å². The predicted molar refractivity (Wildman–Crippen MR) is 117 cm³/mol. The van der Waals surface area contributed by atoms with Crippen LogP contribution in [0.3, 0.4) is 0 Å². The molecule has 2 aromatic heterocycles. The van der Waals surface area contributed by atoms with E-state index in [1.54, 1.807) is 6.07 Å². The number of aromatic amines is 1. The number of aromatic hydroxyl groups is 1. The molecule has 0 spiro atoms. The molecule has 0 aliphatic heterocycles. The predicted octanol–water partition coefficient (Wildman–Crippen LogP) is 4.91. The molecule has 4 aromatic rings. The van der Waals surface area contributed by atoms with E-state index in [0.29, 0.717) is 11.2 Å². The largest absolute Gasteiger partial charge is 0.507 e. The van der Waals surface area contributed by atoms with Gasteiger partial charge in [0.25, 0.3) is 5.56 Å². The van der Waals surface area contributed by atoms with Gasteiger partial charge >= 0.3 is 0 Å². The standard InChI is InChI=1S/C21H20N2O2S.ClH/c1-11-9-16(24)17(14-5-3-13(4-6-14)12(2)10-22)18-15-7-8-26-20(15)21(25)23-19(11)18;/h3-9,12,24H,10,22H2,1-2H3,(H,23,25);1H/t12-;/m0./s1. The SMILES string of the molecule is Cc1cc(O)c(-c2ccc([C@@H](C)CN)cc2)c2c1[nH]c(=O)c1sccc12.Cl. The lowest BCUT2D eigenvalue weighted by atomic mass is 9.93. The molecule has 4 N–H and O–H groups in total. The number of phenols is 1. The first-order valence-corrected chi connectivity index (χ1v) is 9.45. The lowest BCUT2D eigenvalue weighted by molar-refractivity contribution is 0.477. The third kappa shape index (κ3) is 3.12. The van der Waals surface area contributed by atoms with Gasteiger partial charge in [-0.3, -0.25) is 4.79 Å². The molecule has 0 unspecified atom stereocenters. The fraction of sp³-hybridized carbons (Fsp3) is 0.190. The van der Waals surface area contributed by atoms with Crippen molar-refractivity contribution in [1.82, 2.24) is 4.98 Å². The van der Waals surface area contributed by atoms with Crippen LogP contribution in [0.15, 0.2) is 46.6 Å². The van der Waals surface area contributed by atoms with Crippen LogP contribution in [0.4, 0.5) is 0 Å². The molecule has 1 atom stereocenters. The second-order valence-electron chi connectivity index (χ2n) is 6.71. The minimum Gasteiger partial charge on any atom is -0.507 e. The van der Waals surface area contributed by atoms with E-state index in [4.69, 9.17) is 5.73 Å². The van der Waals surface area contributed by atoms with Gasteiger partial charge in [0.1, 0.15) is 10.4 Å². The summed E-state index contributed by atoms with van der Waals surface area (Å²) in [5, 5.41) is 14.4. The van der Waals surface area contributed by atoms with Crippen molar-refractivity contribution in [2.24, 2.45) is 5.73 Å². The number of hydrogen-bond donors (Lipinski definition) is 3. The molecule has 0 aliphatic rings. The van der Waals surface area contributed by atoms with Crippen molar-refractivity contribution < 1.29 is 5.11 Å². The number of nitrogens with two attached hydrogens (primary N) is 1. The van der Waals surface area contributed by atoms with E-state index in [1.807, 2.05) is 30.5 Å². The topological polar surface area (TPSA) is 79.1 Å². The Hall–Kier alpha value is -2.34. The Kier molecular flexibility index (Phi) is 5.29. The highest BCUT2D eigenvalue weighted by molar-refractivity contribution is 7.17. The van der Waals surface area contributed by atoms with Crippen molar-refractivity contribution in [3.8, 4) is 16.9 Å². The van der Waals surface area contributed by atoms with Crippen molar-refractivity contribution in [3.63, 3.8) is 0 Å². The van der Waals surface area contributed by atoms with Crippen LogP contribution < -0.4 is 11.3 Å². The smallest absolute Gasteiger partial charge is 0.266 e. The first kappa shape index (κ1) is 19.4. The molecular formula is C21H21ClN2O2S. The van der Waals surface area contributed by atoms with Crippen LogP contribution in [-0.2, 0) is 0 Å². The number of aromatic nitrogens is 1. The summed E-state index contributed by atoms with van der Waals surface area (Å²) in [7, 11) is 0. The van der Waals surface area contributed by atoms with Crippen molar-refractivity contribution in [2.45, 2.75) is 19.8 Å². The fourth-order valence-corrected chi connectivity index (χ4v) is 4.28. The van der Waals surface area contributed by atoms with Gasteiger partial charge in [0.05, 0.1) is 5.52 Å². The van der Waals surface area contributed by atoms with Crippen molar-refractivity contribution in [2.75, 3.05) is 6.54 Å². The van der Waals surface area contributed by atoms with Crippen LogP contribution >= 0.6 is 23.7 Å². The molecular weight excluding hydrogens is 380 g/mol. The maximum absolute atomic E-state index is 12.4. The summed E-state index contributed by atoms with van der Waals surface area (Å²) in [5.74, 6) is 0.501. The van der Waals surface area contributed by atoms with E-state index < -0.39 is 0 Å². The molecule has 4 nitrogen and oxygen atoms in total. The summed E-state index contributed by atoms with van der Waals surface area (Å²) in [4.78, 5) is 15.4. The number of H-pyrrole nitrogens is 1. The molecule has 0 radical (unpaired) electrons. The van der Waals surface area contributed by atoms with E-state index in [1.165, 1.54) is 16.9 Å². The van der Waals surface area contributed by atoms with Crippen LogP contribution in [0.5, 0.6) is 5.75 Å². The van der Waals surface area contributed by atoms with E-state index in [2.05, 4.69) is 24.0 Å². The fourth-order valence-electron chi connectivity index (χ4n) is 3.49. The minimum absolute atomic E-state index is 0. The summed E-state index contributed by atoms with van der Waals surface area (Å²) in [6.45, 7) is 4.58. The van der Waals surface area contributed by atoms with Crippen LogP contribution in [0.2, 0.25) is 0 Å². The second-order valence-corrected chi connectivity index (χ2v) is 7.63. The molecule has 2 aromatic carbocycles. The molecule has 140 valence electrons. The highest BCUT2D eigenvalue weighted by Gasteiger charge is 2.17. The third-order valence-corrected chi connectivity index (χ3v) is 5.92. The molecule has 0 bridgehead atoms. The molecule has 6 heteroatoms. The Balaban J connectivity index is 0.00000210. The lowest BCUT2D eigenvalue weighted by Gasteiger charge is -2.14. The number of pyridine rings is 1. The van der Waals surface area contributed by atoms with Crippen LogP contribution in [0.1, 0.15) is 24.0 Å². The number of halogens is 1. The van der Waals surface area contributed by atoms with Crippen LogP contribution in [-0.4, -0.2) is 16.6 Å². The Morgan fingerprint density at radius 3 is 2.59 bits per heavy atom. The second kappa shape index (κ2) is 7.35. The molecule has 0 aliphatic carbocycles. The van der Waals surface area contributed by atoms with Gasteiger partial charge in [-0.15, -0.1) is 23.7 Å². The lowest BCUT2D eigenvalue weighted by Crippen LogP contribution is -2.08. The average Bonchev–Trinajstić information content (AvgIpc) is 3.13. The molecule has 27 heavy (non-hydrogen) atoms. The Morgan fingerprint density at radius 2 is 1.93 bits per heavy atom. The normalized spacial score (nSPS) is 12.3. The maximum atomic E-state index is 12.4. The minimum atomic E-state index is -0.0886. The molecule has 2 heterocycles.